The zero-order valence-corrected chi connectivity index (χ0v) is 12.5. The molecule has 0 aliphatic rings. The standard InChI is InChI=1S/C15H21NO7/c1-8(7-9-5-3-2-4-6-9)16-14(21)12(19)10(17)11(18)13(20)15(22)23/h2-6,8,10-13,17-20H,7H2,1H3,(H,16,21)(H,22,23)/t8?,10-,11-,12-,13+/m0/s1. The quantitative estimate of drug-likeness (QED) is 0.332. The van der Waals surface area contributed by atoms with Gasteiger partial charge >= 0.3 is 5.97 Å². The Bertz CT molecular complexity index is 522. The molecular weight excluding hydrogens is 306 g/mol. The molecule has 8 nitrogen and oxygen atoms in total. The van der Waals surface area contributed by atoms with E-state index in [1.807, 2.05) is 30.3 Å². The van der Waals surface area contributed by atoms with Crippen LogP contribution >= 0.6 is 0 Å². The number of amides is 1. The first-order valence-corrected chi connectivity index (χ1v) is 7.03. The van der Waals surface area contributed by atoms with Crippen LogP contribution < -0.4 is 5.32 Å². The van der Waals surface area contributed by atoms with Gasteiger partial charge in [-0.25, -0.2) is 4.79 Å². The topological polar surface area (TPSA) is 147 Å². The van der Waals surface area contributed by atoms with E-state index >= 15 is 0 Å². The van der Waals surface area contributed by atoms with Crippen LogP contribution in [0.4, 0.5) is 0 Å². The van der Waals surface area contributed by atoms with Crippen molar-refractivity contribution in [2.24, 2.45) is 0 Å². The van der Waals surface area contributed by atoms with Crippen molar-refractivity contribution < 1.29 is 35.1 Å². The summed E-state index contributed by atoms with van der Waals surface area (Å²) < 4.78 is 0. The molecule has 0 bridgehead atoms. The van der Waals surface area contributed by atoms with E-state index in [1.165, 1.54) is 0 Å². The van der Waals surface area contributed by atoms with Gasteiger partial charge in [0.15, 0.2) is 12.2 Å². The van der Waals surface area contributed by atoms with Gasteiger partial charge in [0, 0.05) is 6.04 Å². The highest BCUT2D eigenvalue weighted by Gasteiger charge is 2.37. The Morgan fingerprint density at radius 1 is 1.00 bits per heavy atom. The van der Waals surface area contributed by atoms with Gasteiger partial charge in [-0.2, -0.15) is 0 Å². The summed E-state index contributed by atoms with van der Waals surface area (Å²) in [6.45, 7) is 1.69. The Morgan fingerprint density at radius 3 is 2.04 bits per heavy atom. The van der Waals surface area contributed by atoms with Gasteiger partial charge in [0.2, 0.25) is 0 Å². The molecule has 6 N–H and O–H groups in total. The first kappa shape index (κ1) is 19.0. The van der Waals surface area contributed by atoms with E-state index in [9.17, 15) is 24.9 Å². The summed E-state index contributed by atoms with van der Waals surface area (Å²) in [5.41, 5.74) is 0.955. The smallest absolute Gasteiger partial charge is 0.335 e. The van der Waals surface area contributed by atoms with Crippen LogP contribution in [0.15, 0.2) is 30.3 Å². The van der Waals surface area contributed by atoms with E-state index in [0.29, 0.717) is 6.42 Å². The fourth-order valence-corrected chi connectivity index (χ4v) is 2.02. The van der Waals surface area contributed by atoms with Crippen molar-refractivity contribution in [3.63, 3.8) is 0 Å². The van der Waals surface area contributed by atoms with Gasteiger partial charge in [0.05, 0.1) is 0 Å². The molecule has 1 aromatic carbocycles. The highest BCUT2D eigenvalue weighted by molar-refractivity contribution is 5.81. The second-order valence-electron chi connectivity index (χ2n) is 5.31. The Morgan fingerprint density at radius 2 is 1.52 bits per heavy atom. The van der Waals surface area contributed by atoms with Gasteiger partial charge in [-0.15, -0.1) is 0 Å². The summed E-state index contributed by atoms with van der Waals surface area (Å²) in [6, 6.07) is 8.88. The largest absolute Gasteiger partial charge is 0.479 e. The van der Waals surface area contributed by atoms with Crippen molar-refractivity contribution in [2.45, 2.75) is 43.8 Å². The lowest BCUT2D eigenvalue weighted by Gasteiger charge is -2.25. The maximum atomic E-state index is 11.8. The Hall–Kier alpha value is -2.00. The third-order valence-corrected chi connectivity index (χ3v) is 3.29. The summed E-state index contributed by atoms with van der Waals surface area (Å²) in [7, 11) is 0. The van der Waals surface area contributed by atoms with E-state index < -0.39 is 36.3 Å². The molecule has 23 heavy (non-hydrogen) atoms. The van der Waals surface area contributed by atoms with Gasteiger partial charge in [-0.05, 0) is 18.9 Å². The fraction of sp³-hybridized carbons (Fsp3) is 0.467. The molecule has 0 aromatic heterocycles. The predicted octanol–water partition coefficient (Wildman–Crippen LogP) is -1.74. The highest BCUT2D eigenvalue weighted by Crippen LogP contribution is 2.07. The number of aliphatic carboxylic acids is 1. The third kappa shape index (κ3) is 5.61. The van der Waals surface area contributed by atoms with Crippen LogP contribution in [0.5, 0.6) is 0 Å². The minimum Gasteiger partial charge on any atom is -0.479 e. The van der Waals surface area contributed by atoms with Crippen LogP contribution in [0.2, 0.25) is 0 Å². The molecule has 0 saturated heterocycles. The molecule has 0 radical (unpaired) electrons. The molecule has 0 heterocycles. The summed E-state index contributed by atoms with van der Waals surface area (Å²) in [5.74, 6) is -2.75. The minimum absolute atomic E-state index is 0.367. The summed E-state index contributed by atoms with van der Waals surface area (Å²) >= 11 is 0. The zero-order valence-electron chi connectivity index (χ0n) is 12.5. The molecule has 8 heteroatoms. The molecule has 1 rings (SSSR count). The lowest BCUT2D eigenvalue weighted by Crippen LogP contribution is -2.53. The van der Waals surface area contributed by atoms with Crippen molar-refractivity contribution in [1.29, 1.82) is 0 Å². The number of carboxylic acids is 1. The van der Waals surface area contributed by atoms with Crippen molar-refractivity contribution in [3.8, 4) is 0 Å². The number of hydrogen-bond donors (Lipinski definition) is 6. The number of aliphatic hydroxyl groups excluding tert-OH is 4. The van der Waals surface area contributed by atoms with Gasteiger partial charge in [0.1, 0.15) is 12.2 Å². The normalized spacial score (nSPS) is 17.6. The molecule has 0 fully saturated rings. The third-order valence-electron chi connectivity index (χ3n) is 3.29. The number of nitrogens with one attached hydrogen (secondary N) is 1. The molecule has 1 unspecified atom stereocenters. The van der Waals surface area contributed by atoms with Crippen LogP contribution in [0.3, 0.4) is 0 Å². The number of benzene rings is 1. The maximum absolute atomic E-state index is 11.8. The first-order chi connectivity index (χ1) is 10.7. The molecule has 0 aliphatic carbocycles. The Balaban J connectivity index is 2.57. The van der Waals surface area contributed by atoms with Gasteiger partial charge in [-0.1, -0.05) is 30.3 Å². The van der Waals surface area contributed by atoms with E-state index in [-0.39, 0.29) is 6.04 Å². The van der Waals surface area contributed by atoms with Gasteiger partial charge in [0.25, 0.3) is 5.91 Å². The minimum atomic E-state index is -2.31. The molecule has 1 amide bonds. The van der Waals surface area contributed by atoms with E-state index in [1.54, 1.807) is 6.92 Å². The number of carbonyl (C=O) groups is 2. The average Bonchev–Trinajstić information content (AvgIpc) is 2.52. The SMILES string of the molecule is CC(Cc1ccccc1)NC(=O)[C@@H](O)[C@@H](O)[C@H](O)[C@@H](O)C(=O)O. The maximum Gasteiger partial charge on any atom is 0.335 e. The fourth-order valence-electron chi connectivity index (χ4n) is 2.02. The second-order valence-corrected chi connectivity index (χ2v) is 5.31. The second kappa shape index (κ2) is 8.59. The van der Waals surface area contributed by atoms with Crippen molar-refractivity contribution in [1.82, 2.24) is 5.32 Å². The van der Waals surface area contributed by atoms with E-state index in [4.69, 9.17) is 10.2 Å². The molecule has 1 aromatic rings. The monoisotopic (exact) mass is 327 g/mol. The van der Waals surface area contributed by atoms with E-state index in [0.717, 1.165) is 5.56 Å². The molecular formula is C15H21NO7. The number of hydrogen-bond acceptors (Lipinski definition) is 6. The van der Waals surface area contributed by atoms with E-state index in [2.05, 4.69) is 5.32 Å². The predicted molar refractivity (Wildman–Crippen MR) is 79.4 cm³/mol. The molecule has 0 aliphatic heterocycles. The van der Waals surface area contributed by atoms with Gasteiger partial charge < -0.3 is 30.8 Å². The van der Waals surface area contributed by atoms with Crippen molar-refractivity contribution in [2.75, 3.05) is 0 Å². The Kier molecular flexibility index (Phi) is 7.11. The van der Waals surface area contributed by atoms with Crippen LogP contribution in [-0.2, 0) is 16.0 Å². The number of carboxylic acid groups (broad SMARTS) is 1. The molecule has 0 spiro atoms. The summed E-state index contributed by atoms with van der Waals surface area (Å²) in [6.07, 6.45) is -8.23. The molecule has 128 valence electrons. The van der Waals surface area contributed by atoms with Crippen molar-refractivity contribution in [3.05, 3.63) is 35.9 Å². The molecule has 0 saturated carbocycles. The summed E-state index contributed by atoms with van der Waals surface area (Å²) in [4.78, 5) is 22.3. The number of aliphatic hydroxyl groups is 4. The van der Waals surface area contributed by atoms with Crippen LogP contribution in [0.1, 0.15) is 12.5 Å². The number of rotatable bonds is 8. The first-order valence-electron chi connectivity index (χ1n) is 7.03. The highest BCUT2D eigenvalue weighted by atomic mass is 16.4. The lowest BCUT2D eigenvalue weighted by atomic mass is 10.0. The zero-order chi connectivity index (χ0) is 17.6. The molecule has 5 atom stereocenters. The van der Waals surface area contributed by atoms with Gasteiger partial charge in [-0.3, -0.25) is 4.79 Å². The van der Waals surface area contributed by atoms with Crippen LogP contribution in [0, 0.1) is 0 Å². The number of carbonyl (C=O) groups excluding carboxylic acids is 1. The van der Waals surface area contributed by atoms with Crippen LogP contribution in [-0.4, -0.2) is 67.9 Å². The lowest BCUT2D eigenvalue weighted by molar-refractivity contribution is -0.166. The average molecular weight is 327 g/mol. The summed E-state index contributed by atoms with van der Waals surface area (Å²) in [5, 5.41) is 48.8. The van der Waals surface area contributed by atoms with Crippen LogP contribution in [0.25, 0.3) is 0 Å². The Labute approximate surface area is 133 Å². The van der Waals surface area contributed by atoms with Crippen molar-refractivity contribution >= 4 is 11.9 Å².